The lowest BCUT2D eigenvalue weighted by Gasteiger charge is -1.85. The van der Waals surface area contributed by atoms with Crippen molar-refractivity contribution >= 4 is 60.6 Å². The van der Waals surface area contributed by atoms with Crippen molar-refractivity contribution in [2.45, 2.75) is 0 Å². The Balaban J connectivity index is 0. The molecule has 0 saturated carbocycles. The fourth-order valence-electron chi connectivity index (χ4n) is 0. The SMILES string of the molecule is Cl[Si](Cl)(Cl)Cl.[SiH4]. The van der Waals surface area contributed by atoms with Gasteiger partial charge < -0.3 is 0 Å². The van der Waals surface area contributed by atoms with Gasteiger partial charge in [-0.05, 0) is 11.0 Å². The second kappa shape index (κ2) is 3.58. The molecule has 0 bridgehead atoms. The van der Waals surface area contributed by atoms with Gasteiger partial charge >= 0.3 is 5.31 Å². The summed E-state index contributed by atoms with van der Waals surface area (Å²) >= 11 is 19.9. The normalized spacial score (nSPS) is 10.0. The van der Waals surface area contributed by atoms with Crippen LogP contribution in [0.3, 0.4) is 0 Å². The van der Waals surface area contributed by atoms with E-state index < -0.39 is 5.31 Å². The van der Waals surface area contributed by atoms with Crippen molar-refractivity contribution in [3.63, 3.8) is 0 Å². The van der Waals surface area contributed by atoms with Crippen LogP contribution in [-0.4, -0.2) is 16.3 Å². The quantitative estimate of drug-likeness (QED) is 0.404. The summed E-state index contributed by atoms with van der Waals surface area (Å²) in [6.07, 6.45) is 0. The minimum Gasteiger partial charge on any atom is -0.110 e. The number of rotatable bonds is 0. The van der Waals surface area contributed by atoms with Crippen molar-refractivity contribution in [1.82, 2.24) is 0 Å². The topological polar surface area (TPSA) is 0 Å². The van der Waals surface area contributed by atoms with Gasteiger partial charge in [-0.1, -0.05) is 0 Å². The van der Waals surface area contributed by atoms with E-state index in [0.717, 1.165) is 0 Å². The minimum absolute atomic E-state index is 0. The van der Waals surface area contributed by atoms with Crippen LogP contribution in [0.2, 0.25) is 0 Å². The predicted molar refractivity (Wildman–Crippen MR) is 40.5 cm³/mol. The highest BCUT2D eigenvalue weighted by Crippen LogP contribution is 2.23. The van der Waals surface area contributed by atoms with E-state index in [-0.39, 0.29) is 11.0 Å². The number of hydrogen-bond acceptors (Lipinski definition) is 0. The summed E-state index contributed by atoms with van der Waals surface area (Å²) in [5.41, 5.74) is 0. The maximum atomic E-state index is 4.97. The Hall–Kier alpha value is 1.59. The maximum Gasteiger partial charge on any atom is 0.440 e. The summed E-state index contributed by atoms with van der Waals surface area (Å²) in [6.45, 7) is 0. The smallest absolute Gasteiger partial charge is 0.110 e. The first kappa shape index (κ1) is 10.6. The Labute approximate surface area is 60.6 Å². The van der Waals surface area contributed by atoms with E-state index in [9.17, 15) is 0 Å². The molecule has 0 radical (unpaired) electrons. The van der Waals surface area contributed by atoms with Gasteiger partial charge in [0, 0.05) is 0 Å². The van der Waals surface area contributed by atoms with E-state index in [1.807, 2.05) is 0 Å². The molecule has 0 saturated heterocycles. The first-order valence-corrected chi connectivity index (χ1v) is 6.80. The molecule has 0 N–H and O–H groups in total. The van der Waals surface area contributed by atoms with E-state index in [4.69, 9.17) is 44.3 Å². The molecule has 0 heterocycles. The zero-order valence-corrected chi connectivity index (χ0v) is 6.04. The average Bonchev–Trinajstić information content (AvgIpc) is 0.722. The molecular weight excluding hydrogens is 198 g/mol. The van der Waals surface area contributed by atoms with Gasteiger partial charge in [0.05, 0.1) is 0 Å². The molecule has 0 aromatic heterocycles. The minimum atomic E-state index is -2.72. The Kier molecular flexibility index (Phi) is 6.29. The summed E-state index contributed by atoms with van der Waals surface area (Å²) in [6, 6.07) is 0. The average molecular weight is 202 g/mol. The van der Waals surface area contributed by atoms with Gasteiger partial charge in [-0.3, -0.25) is 0 Å². The third-order valence-corrected chi connectivity index (χ3v) is 0. The van der Waals surface area contributed by atoms with Crippen molar-refractivity contribution in [3.8, 4) is 0 Å². The van der Waals surface area contributed by atoms with Gasteiger partial charge in [-0.15, -0.1) is 44.3 Å². The molecule has 0 aliphatic heterocycles. The van der Waals surface area contributed by atoms with Gasteiger partial charge in [0.1, 0.15) is 0 Å². The van der Waals surface area contributed by atoms with E-state index in [0.29, 0.717) is 0 Å². The molecule has 0 aromatic carbocycles. The Morgan fingerprint density at radius 1 is 0.833 bits per heavy atom. The molecule has 0 atom stereocenters. The summed E-state index contributed by atoms with van der Waals surface area (Å²) in [7, 11) is 0. The van der Waals surface area contributed by atoms with Crippen LogP contribution in [-0.2, 0) is 0 Å². The van der Waals surface area contributed by atoms with E-state index in [2.05, 4.69) is 0 Å². The molecule has 0 nitrogen and oxygen atoms in total. The van der Waals surface area contributed by atoms with Crippen LogP contribution >= 0.6 is 44.3 Å². The van der Waals surface area contributed by atoms with Crippen molar-refractivity contribution in [2.75, 3.05) is 0 Å². The zero-order valence-electron chi connectivity index (χ0n) is 2.01. The van der Waals surface area contributed by atoms with Crippen LogP contribution < -0.4 is 0 Å². The molecule has 40 valence electrons. The van der Waals surface area contributed by atoms with Gasteiger partial charge in [-0.25, -0.2) is 0 Å². The highest BCUT2D eigenvalue weighted by atomic mass is 36.0. The van der Waals surface area contributed by atoms with Crippen LogP contribution in [0.15, 0.2) is 0 Å². The predicted octanol–water partition coefficient (Wildman–Crippen LogP) is 0.926. The monoisotopic (exact) mass is 200 g/mol. The summed E-state index contributed by atoms with van der Waals surface area (Å²) in [5.74, 6) is 0. The Bertz CT molecular complexity index is 21.0. The van der Waals surface area contributed by atoms with E-state index in [1.165, 1.54) is 0 Å². The lowest BCUT2D eigenvalue weighted by Crippen LogP contribution is -1.91. The number of halogens is 4. The van der Waals surface area contributed by atoms with Crippen LogP contribution in [0, 0.1) is 0 Å². The molecule has 0 aliphatic rings. The second-order valence-electron chi connectivity index (χ2n) is 0.429. The molecule has 0 rings (SSSR count). The largest absolute Gasteiger partial charge is 0.440 e. The fraction of sp³-hybridized carbons (Fsp3) is 0. The lowest BCUT2D eigenvalue weighted by molar-refractivity contribution is 3.80. The molecule has 0 fully saturated rings. The highest BCUT2D eigenvalue weighted by molar-refractivity contribution is 7.81. The maximum absolute atomic E-state index is 4.97. The molecule has 0 spiro atoms. The standard InChI is InChI=1S/Cl4Si.H4Si/c1-5(2,3)4;/h;1H4. The highest BCUT2D eigenvalue weighted by Gasteiger charge is 2.19. The van der Waals surface area contributed by atoms with Gasteiger partial charge in [0.2, 0.25) is 0 Å². The third-order valence-electron chi connectivity index (χ3n) is 0. The molecule has 6 heavy (non-hydrogen) atoms. The van der Waals surface area contributed by atoms with E-state index in [1.54, 1.807) is 0 Å². The van der Waals surface area contributed by atoms with Crippen molar-refractivity contribution in [1.29, 1.82) is 0 Å². The summed E-state index contributed by atoms with van der Waals surface area (Å²) in [4.78, 5) is 0. The van der Waals surface area contributed by atoms with Gasteiger partial charge in [0.15, 0.2) is 0 Å². The van der Waals surface area contributed by atoms with Crippen molar-refractivity contribution < 1.29 is 0 Å². The second-order valence-corrected chi connectivity index (χ2v) is 11.6. The molecule has 0 amide bonds. The van der Waals surface area contributed by atoms with Crippen LogP contribution in [0.5, 0.6) is 0 Å². The third kappa shape index (κ3) is 46.5. The zero-order chi connectivity index (χ0) is 4.50. The van der Waals surface area contributed by atoms with Gasteiger partial charge in [0.25, 0.3) is 0 Å². The first-order valence-electron chi connectivity index (χ1n) is 0.756. The van der Waals surface area contributed by atoms with Crippen LogP contribution in [0.25, 0.3) is 0 Å². The molecule has 6 heteroatoms. The molecule has 0 unspecified atom stereocenters. The molecule has 0 aromatic rings. The lowest BCUT2D eigenvalue weighted by atomic mass is 27.6. The summed E-state index contributed by atoms with van der Waals surface area (Å²) < 4.78 is 0. The molecule has 0 aliphatic carbocycles. The van der Waals surface area contributed by atoms with Crippen LogP contribution in [0.1, 0.15) is 0 Å². The summed E-state index contributed by atoms with van der Waals surface area (Å²) in [5, 5.41) is -2.72. The van der Waals surface area contributed by atoms with Crippen molar-refractivity contribution in [3.05, 3.63) is 0 Å². The van der Waals surface area contributed by atoms with Crippen molar-refractivity contribution in [2.24, 2.45) is 0 Å². The van der Waals surface area contributed by atoms with Crippen LogP contribution in [0.4, 0.5) is 0 Å². The Morgan fingerprint density at radius 3 is 0.833 bits per heavy atom. The Morgan fingerprint density at radius 2 is 0.833 bits per heavy atom. The number of hydrogen-bond donors (Lipinski definition) is 0. The fourth-order valence-corrected chi connectivity index (χ4v) is 0. The van der Waals surface area contributed by atoms with Gasteiger partial charge in [-0.2, -0.15) is 0 Å². The van der Waals surface area contributed by atoms with E-state index >= 15 is 0 Å². The first-order chi connectivity index (χ1) is 2.00. The molecular formula is H4Cl4Si2.